The molecule has 0 aliphatic heterocycles. The van der Waals surface area contributed by atoms with Crippen molar-refractivity contribution in [1.29, 1.82) is 0 Å². The summed E-state index contributed by atoms with van der Waals surface area (Å²) in [5, 5.41) is 2.71. The van der Waals surface area contributed by atoms with Gasteiger partial charge >= 0.3 is 0 Å². The van der Waals surface area contributed by atoms with Gasteiger partial charge in [0.25, 0.3) is 0 Å². The zero-order valence-electron chi connectivity index (χ0n) is 10.3. The maximum atomic E-state index is 2.39. The van der Waals surface area contributed by atoms with Gasteiger partial charge in [0.1, 0.15) is 6.54 Å². The molecule has 0 atom stereocenters. The van der Waals surface area contributed by atoms with Crippen LogP contribution in [0.2, 0.25) is 0 Å². The summed E-state index contributed by atoms with van der Waals surface area (Å²) in [6.07, 6.45) is 0. The maximum absolute atomic E-state index is 2.39. The van der Waals surface area contributed by atoms with E-state index in [9.17, 15) is 0 Å². The Morgan fingerprint density at radius 2 is 1.29 bits per heavy atom. The highest BCUT2D eigenvalue weighted by atomic mass is 15.0. The molecule has 1 nitrogen and oxygen atoms in total. The quantitative estimate of drug-likeness (QED) is 0.437. The normalized spacial score (nSPS) is 11.2. The predicted octanol–water partition coefficient (Wildman–Crippen LogP) is 3.61. The van der Waals surface area contributed by atoms with E-state index < -0.39 is 0 Å². The molecule has 0 fully saturated rings. The lowest BCUT2D eigenvalue weighted by atomic mass is 10.0. The number of hydrogen-bond donors (Lipinski definition) is 0. The molecular formula is C16H16N+. The average Bonchev–Trinajstić information content (AvgIpc) is 2.40. The average molecular weight is 222 g/mol. The van der Waals surface area contributed by atoms with E-state index in [1.165, 1.54) is 27.4 Å². The highest BCUT2D eigenvalue weighted by Gasteiger charge is 2.15. The van der Waals surface area contributed by atoms with Crippen LogP contribution in [-0.2, 0) is 6.54 Å². The highest BCUT2D eigenvalue weighted by Crippen LogP contribution is 2.23. The van der Waals surface area contributed by atoms with Crippen molar-refractivity contribution in [1.82, 2.24) is 0 Å². The second kappa shape index (κ2) is 3.85. The van der Waals surface area contributed by atoms with Gasteiger partial charge in [-0.3, -0.25) is 0 Å². The van der Waals surface area contributed by atoms with E-state index in [1.54, 1.807) is 0 Å². The van der Waals surface area contributed by atoms with Gasteiger partial charge in [0.2, 0.25) is 11.0 Å². The third kappa shape index (κ3) is 1.42. The fourth-order valence-corrected chi connectivity index (χ4v) is 2.67. The van der Waals surface area contributed by atoms with Crippen molar-refractivity contribution in [3.63, 3.8) is 0 Å². The van der Waals surface area contributed by atoms with Gasteiger partial charge in [0.05, 0.1) is 0 Å². The Morgan fingerprint density at radius 1 is 0.824 bits per heavy atom. The second-order valence-electron chi connectivity index (χ2n) is 4.40. The number of hydrogen-bond acceptors (Lipinski definition) is 0. The lowest BCUT2D eigenvalue weighted by Gasteiger charge is -2.07. The molecule has 0 unspecified atom stereocenters. The van der Waals surface area contributed by atoms with Crippen molar-refractivity contribution in [2.24, 2.45) is 0 Å². The third-order valence-electron chi connectivity index (χ3n) is 3.51. The van der Waals surface area contributed by atoms with Gasteiger partial charge in [-0.05, 0) is 31.5 Å². The van der Waals surface area contributed by atoms with Crippen molar-refractivity contribution in [3.05, 3.63) is 54.1 Å². The second-order valence-corrected chi connectivity index (χ2v) is 4.40. The molecule has 1 aromatic heterocycles. The van der Waals surface area contributed by atoms with Gasteiger partial charge in [-0.25, -0.2) is 0 Å². The van der Waals surface area contributed by atoms with Crippen molar-refractivity contribution >= 4 is 21.8 Å². The fourth-order valence-electron chi connectivity index (χ4n) is 2.67. The number of fused-ring (bicyclic) bond motifs is 2. The molecule has 17 heavy (non-hydrogen) atoms. The van der Waals surface area contributed by atoms with E-state index in [0.717, 1.165) is 6.54 Å². The monoisotopic (exact) mass is 222 g/mol. The van der Waals surface area contributed by atoms with E-state index in [4.69, 9.17) is 0 Å². The molecule has 0 bridgehead atoms. The van der Waals surface area contributed by atoms with Crippen molar-refractivity contribution < 1.29 is 4.57 Å². The molecule has 0 amide bonds. The number of benzene rings is 2. The summed E-state index contributed by atoms with van der Waals surface area (Å²) >= 11 is 0. The number of aryl methyl sites for hydroxylation is 2. The van der Waals surface area contributed by atoms with E-state index in [0.29, 0.717) is 0 Å². The molecule has 0 aliphatic carbocycles. The largest absolute Gasteiger partial charge is 0.213 e. The lowest BCUT2D eigenvalue weighted by molar-refractivity contribution is -0.641. The van der Waals surface area contributed by atoms with E-state index >= 15 is 0 Å². The van der Waals surface area contributed by atoms with Crippen molar-refractivity contribution in [2.45, 2.75) is 20.4 Å². The zero-order valence-corrected chi connectivity index (χ0v) is 10.3. The van der Waals surface area contributed by atoms with E-state index in [-0.39, 0.29) is 0 Å². The first-order valence-corrected chi connectivity index (χ1v) is 6.13. The molecule has 0 saturated carbocycles. The van der Waals surface area contributed by atoms with Crippen LogP contribution in [0.25, 0.3) is 21.8 Å². The summed E-state index contributed by atoms with van der Waals surface area (Å²) < 4.78 is 2.39. The summed E-state index contributed by atoms with van der Waals surface area (Å²) in [5.74, 6) is 0. The molecule has 0 aliphatic rings. The van der Waals surface area contributed by atoms with Crippen LogP contribution in [0.4, 0.5) is 0 Å². The van der Waals surface area contributed by atoms with Crippen LogP contribution < -0.4 is 4.57 Å². The standard InChI is InChI=1S/C16H16N/c1-3-17-15-10-6-4-8-13(15)12(2)14-9-5-7-11-16(14)17/h4-11H,3H2,1-2H3/q+1. The minimum absolute atomic E-state index is 1.00. The number of para-hydroxylation sites is 2. The Balaban J connectivity index is 2.63. The fraction of sp³-hybridized carbons (Fsp3) is 0.188. The summed E-state index contributed by atoms with van der Waals surface area (Å²) in [6.45, 7) is 5.42. The van der Waals surface area contributed by atoms with Gasteiger partial charge in [-0.1, -0.05) is 24.3 Å². The third-order valence-corrected chi connectivity index (χ3v) is 3.51. The lowest BCUT2D eigenvalue weighted by Crippen LogP contribution is -2.34. The van der Waals surface area contributed by atoms with Crippen LogP contribution in [0.5, 0.6) is 0 Å². The van der Waals surface area contributed by atoms with Crippen LogP contribution >= 0.6 is 0 Å². The smallest absolute Gasteiger partial charge is 0.192 e. The zero-order chi connectivity index (χ0) is 11.8. The van der Waals surface area contributed by atoms with E-state index in [2.05, 4.69) is 66.9 Å². The molecule has 0 N–H and O–H groups in total. The Morgan fingerprint density at radius 3 is 1.76 bits per heavy atom. The van der Waals surface area contributed by atoms with Gasteiger partial charge in [-0.15, -0.1) is 0 Å². The first-order chi connectivity index (χ1) is 8.33. The number of nitrogens with zero attached hydrogens (tertiary/aromatic N) is 1. The van der Waals surface area contributed by atoms with Crippen molar-refractivity contribution in [2.75, 3.05) is 0 Å². The molecule has 1 heterocycles. The number of rotatable bonds is 1. The molecule has 3 rings (SSSR count). The molecule has 0 radical (unpaired) electrons. The molecule has 84 valence electrons. The Kier molecular flexibility index (Phi) is 2.32. The van der Waals surface area contributed by atoms with Crippen LogP contribution in [0, 0.1) is 6.92 Å². The van der Waals surface area contributed by atoms with Gasteiger partial charge in [0, 0.05) is 22.9 Å². The number of pyridine rings is 1. The molecular weight excluding hydrogens is 206 g/mol. The van der Waals surface area contributed by atoms with Crippen LogP contribution in [0.1, 0.15) is 12.5 Å². The Labute approximate surface area is 101 Å². The summed E-state index contributed by atoms with van der Waals surface area (Å²) in [4.78, 5) is 0. The molecule has 0 saturated heterocycles. The Hall–Kier alpha value is -1.89. The van der Waals surface area contributed by atoms with Gasteiger partial charge < -0.3 is 0 Å². The topological polar surface area (TPSA) is 3.88 Å². The van der Waals surface area contributed by atoms with Gasteiger partial charge in [-0.2, -0.15) is 4.57 Å². The minimum atomic E-state index is 1.00. The molecule has 1 heteroatoms. The van der Waals surface area contributed by atoms with Crippen molar-refractivity contribution in [3.8, 4) is 0 Å². The Bertz CT molecular complexity index is 641. The molecule has 2 aromatic carbocycles. The maximum Gasteiger partial charge on any atom is 0.213 e. The SMILES string of the molecule is CC[n+]1c2ccccc2c(C)c2ccccc21. The van der Waals surface area contributed by atoms with E-state index in [1.807, 2.05) is 0 Å². The van der Waals surface area contributed by atoms with Gasteiger partial charge in [0.15, 0.2) is 0 Å². The summed E-state index contributed by atoms with van der Waals surface area (Å²) in [6, 6.07) is 17.3. The molecule has 3 aromatic rings. The first-order valence-electron chi connectivity index (χ1n) is 6.13. The molecule has 0 spiro atoms. The highest BCUT2D eigenvalue weighted by molar-refractivity contribution is 5.93. The summed E-state index contributed by atoms with van der Waals surface area (Å²) in [7, 11) is 0. The van der Waals surface area contributed by atoms with Crippen LogP contribution in [0.15, 0.2) is 48.5 Å². The predicted molar refractivity (Wildman–Crippen MR) is 72.1 cm³/mol. The number of aromatic nitrogens is 1. The minimum Gasteiger partial charge on any atom is -0.192 e. The van der Waals surface area contributed by atoms with Crippen LogP contribution in [0.3, 0.4) is 0 Å². The van der Waals surface area contributed by atoms with Crippen LogP contribution in [-0.4, -0.2) is 0 Å². The summed E-state index contributed by atoms with van der Waals surface area (Å²) in [5.41, 5.74) is 4.03. The first kappa shape index (κ1) is 10.3.